The second kappa shape index (κ2) is 4.70. The molecule has 0 bridgehead atoms. The summed E-state index contributed by atoms with van der Waals surface area (Å²) < 4.78 is 5.79. The van der Waals surface area contributed by atoms with Crippen molar-refractivity contribution in [3.8, 4) is 0 Å². The van der Waals surface area contributed by atoms with Gasteiger partial charge in [-0.25, -0.2) is 0 Å². The van der Waals surface area contributed by atoms with Crippen molar-refractivity contribution in [2.24, 2.45) is 5.92 Å². The molecule has 0 atom stereocenters. The van der Waals surface area contributed by atoms with E-state index in [1.807, 2.05) is 0 Å². The molecule has 0 N–H and O–H groups in total. The van der Waals surface area contributed by atoms with E-state index in [2.05, 4.69) is 54.2 Å². The van der Waals surface area contributed by atoms with Crippen molar-refractivity contribution in [3.05, 3.63) is 0 Å². The van der Waals surface area contributed by atoms with Gasteiger partial charge in [-0.2, -0.15) is 12.6 Å². The molecule has 0 saturated heterocycles. The standard InChI is InChI=1S/C11H24OS/c1-9(2)7-10(3,4)12-8-11(5,6)13/h9,13H,7-8H2,1-6H3. The van der Waals surface area contributed by atoms with E-state index in [0.29, 0.717) is 12.5 Å². The van der Waals surface area contributed by atoms with Gasteiger partial charge < -0.3 is 4.74 Å². The summed E-state index contributed by atoms with van der Waals surface area (Å²) >= 11 is 4.43. The van der Waals surface area contributed by atoms with Gasteiger partial charge in [0.1, 0.15) is 0 Å². The first-order valence-electron chi connectivity index (χ1n) is 4.99. The molecular weight excluding hydrogens is 180 g/mol. The number of thiol groups is 1. The maximum Gasteiger partial charge on any atom is 0.0629 e. The monoisotopic (exact) mass is 204 g/mol. The molecular formula is C11H24OS. The number of ether oxygens (including phenoxy) is 1. The zero-order valence-electron chi connectivity index (χ0n) is 9.85. The molecule has 0 aromatic heterocycles. The third-order valence-electron chi connectivity index (χ3n) is 1.72. The summed E-state index contributed by atoms with van der Waals surface area (Å²) in [7, 11) is 0. The van der Waals surface area contributed by atoms with E-state index < -0.39 is 0 Å². The highest BCUT2D eigenvalue weighted by molar-refractivity contribution is 7.81. The van der Waals surface area contributed by atoms with Gasteiger partial charge >= 0.3 is 0 Å². The first-order valence-corrected chi connectivity index (χ1v) is 5.43. The number of hydrogen-bond donors (Lipinski definition) is 1. The van der Waals surface area contributed by atoms with E-state index in [1.54, 1.807) is 0 Å². The molecule has 0 spiro atoms. The molecule has 2 heteroatoms. The lowest BCUT2D eigenvalue weighted by atomic mass is 9.96. The Morgan fingerprint density at radius 2 is 1.62 bits per heavy atom. The Kier molecular flexibility index (Phi) is 4.81. The maximum absolute atomic E-state index is 5.83. The van der Waals surface area contributed by atoms with Gasteiger partial charge in [0.15, 0.2) is 0 Å². The molecule has 13 heavy (non-hydrogen) atoms. The zero-order valence-corrected chi connectivity index (χ0v) is 10.7. The van der Waals surface area contributed by atoms with Gasteiger partial charge in [-0.1, -0.05) is 13.8 Å². The van der Waals surface area contributed by atoms with Crippen LogP contribution in [0, 0.1) is 5.92 Å². The number of hydrogen-bond acceptors (Lipinski definition) is 2. The third-order valence-corrected chi connectivity index (χ3v) is 1.85. The minimum atomic E-state index is -0.0335. The topological polar surface area (TPSA) is 9.23 Å². The Morgan fingerprint density at radius 3 is 1.92 bits per heavy atom. The SMILES string of the molecule is CC(C)CC(C)(C)OCC(C)(C)S. The molecule has 0 aliphatic heterocycles. The minimum Gasteiger partial charge on any atom is -0.374 e. The van der Waals surface area contributed by atoms with Gasteiger partial charge in [0, 0.05) is 4.75 Å². The average molecular weight is 204 g/mol. The van der Waals surface area contributed by atoms with Crippen molar-refractivity contribution in [2.75, 3.05) is 6.61 Å². The molecule has 80 valence electrons. The largest absolute Gasteiger partial charge is 0.374 e. The van der Waals surface area contributed by atoms with Crippen molar-refractivity contribution < 1.29 is 4.74 Å². The van der Waals surface area contributed by atoms with Crippen LogP contribution in [0.25, 0.3) is 0 Å². The van der Waals surface area contributed by atoms with Crippen LogP contribution in [-0.4, -0.2) is 17.0 Å². The van der Waals surface area contributed by atoms with E-state index in [0.717, 1.165) is 6.42 Å². The zero-order chi connectivity index (χ0) is 10.7. The van der Waals surface area contributed by atoms with Crippen LogP contribution in [0.15, 0.2) is 0 Å². The molecule has 0 unspecified atom stereocenters. The summed E-state index contributed by atoms with van der Waals surface area (Å²) in [6, 6.07) is 0. The summed E-state index contributed by atoms with van der Waals surface area (Å²) in [6.07, 6.45) is 1.09. The molecule has 1 nitrogen and oxygen atoms in total. The normalized spacial score (nSPS) is 13.8. The van der Waals surface area contributed by atoms with Crippen molar-refractivity contribution in [2.45, 2.75) is 58.3 Å². The molecule has 0 aliphatic rings. The van der Waals surface area contributed by atoms with Crippen LogP contribution in [0.4, 0.5) is 0 Å². The van der Waals surface area contributed by atoms with Crippen molar-refractivity contribution in [3.63, 3.8) is 0 Å². The van der Waals surface area contributed by atoms with Gasteiger partial charge in [0.05, 0.1) is 12.2 Å². The van der Waals surface area contributed by atoms with Crippen LogP contribution in [0.3, 0.4) is 0 Å². The Labute approximate surface area is 88.7 Å². The van der Waals surface area contributed by atoms with E-state index in [-0.39, 0.29) is 10.3 Å². The highest BCUT2D eigenvalue weighted by atomic mass is 32.1. The molecule has 0 rings (SSSR count). The van der Waals surface area contributed by atoms with Gasteiger partial charge in [-0.3, -0.25) is 0 Å². The predicted octanol–water partition coefficient (Wildman–Crippen LogP) is 3.54. The van der Waals surface area contributed by atoms with E-state index in [4.69, 9.17) is 4.74 Å². The maximum atomic E-state index is 5.83. The lowest BCUT2D eigenvalue weighted by Gasteiger charge is -2.30. The Morgan fingerprint density at radius 1 is 1.15 bits per heavy atom. The van der Waals surface area contributed by atoms with Gasteiger partial charge in [0.25, 0.3) is 0 Å². The number of rotatable bonds is 5. The average Bonchev–Trinajstić information content (AvgIpc) is 1.79. The van der Waals surface area contributed by atoms with Crippen molar-refractivity contribution >= 4 is 12.6 Å². The van der Waals surface area contributed by atoms with Crippen LogP contribution in [0.1, 0.15) is 48.0 Å². The van der Waals surface area contributed by atoms with E-state index in [9.17, 15) is 0 Å². The van der Waals surface area contributed by atoms with Gasteiger partial charge in [0.2, 0.25) is 0 Å². The molecule has 0 amide bonds. The molecule has 0 aliphatic carbocycles. The molecule has 0 fully saturated rings. The molecule has 0 aromatic rings. The fourth-order valence-electron chi connectivity index (χ4n) is 1.41. The van der Waals surface area contributed by atoms with Gasteiger partial charge in [-0.05, 0) is 40.0 Å². The quantitative estimate of drug-likeness (QED) is 0.674. The Hall–Kier alpha value is 0.310. The summed E-state index contributed by atoms with van der Waals surface area (Å²) in [4.78, 5) is 0. The van der Waals surface area contributed by atoms with Crippen LogP contribution < -0.4 is 0 Å². The highest BCUT2D eigenvalue weighted by Gasteiger charge is 2.23. The van der Waals surface area contributed by atoms with Crippen LogP contribution in [-0.2, 0) is 4.74 Å². The third kappa shape index (κ3) is 8.63. The second-order valence-corrected chi connectivity index (χ2v) is 6.67. The fraction of sp³-hybridized carbons (Fsp3) is 1.00. The van der Waals surface area contributed by atoms with E-state index >= 15 is 0 Å². The van der Waals surface area contributed by atoms with E-state index in [1.165, 1.54) is 0 Å². The predicted molar refractivity (Wildman–Crippen MR) is 62.6 cm³/mol. The molecule has 0 saturated carbocycles. The van der Waals surface area contributed by atoms with Crippen LogP contribution in [0.2, 0.25) is 0 Å². The smallest absolute Gasteiger partial charge is 0.0629 e. The second-order valence-electron chi connectivity index (χ2n) is 5.46. The van der Waals surface area contributed by atoms with Crippen molar-refractivity contribution in [1.29, 1.82) is 0 Å². The van der Waals surface area contributed by atoms with Crippen LogP contribution >= 0.6 is 12.6 Å². The Bertz CT molecular complexity index is 145. The first kappa shape index (κ1) is 13.3. The lowest BCUT2D eigenvalue weighted by molar-refractivity contribution is -0.0379. The lowest BCUT2D eigenvalue weighted by Crippen LogP contribution is -2.32. The van der Waals surface area contributed by atoms with Crippen molar-refractivity contribution in [1.82, 2.24) is 0 Å². The summed E-state index contributed by atoms with van der Waals surface area (Å²) in [5, 5.41) is 0. The molecule has 0 heterocycles. The highest BCUT2D eigenvalue weighted by Crippen LogP contribution is 2.23. The molecule has 0 radical (unpaired) electrons. The minimum absolute atomic E-state index is 0.0197. The first-order chi connectivity index (χ1) is 5.62. The summed E-state index contributed by atoms with van der Waals surface area (Å²) in [5.41, 5.74) is -0.0197. The Balaban J connectivity index is 3.89. The van der Waals surface area contributed by atoms with Gasteiger partial charge in [-0.15, -0.1) is 0 Å². The summed E-state index contributed by atoms with van der Waals surface area (Å²) in [5.74, 6) is 0.679. The summed E-state index contributed by atoms with van der Waals surface area (Å²) in [6.45, 7) is 13.6. The fourth-order valence-corrected chi connectivity index (χ4v) is 1.48. The molecule has 0 aromatic carbocycles. The van der Waals surface area contributed by atoms with Crippen LogP contribution in [0.5, 0.6) is 0 Å².